The third-order valence-corrected chi connectivity index (χ3v) is 8.95. The van der Waals surface area contributed by atoms with Gasteiger partial charge in [-0.1, -0.05) is 0 Å². The van der Waals surface area contributed by atoms with Crippen molar-refractivity contribution in [1.82, 2.24) is 29.6 Å². The number of pyridine rings is 2. The van der Waals surface area contributed by atoms with Gasteiger partial charge in [-0.15, -0.1) is 11.3 Å². The van der Waals surface area contributed by atoms with Gasteiger partial charge in [0.1, 0.15) is 35.4 Å². The Bertz CT molecular complexity index is 1970. The molecule has 1 aliphatic rings. The molecule has 8 nitrogen and oxygen atoms in total. The monoisotopic (exact) mass is 600 g/mol. The van der Waals surface area contributed by atoms with Gasteiger partial charge >= 0.3 is 0 Å². The molecule has 1 N–H and O–H groups in total. The van der Waals surface area contributed by atoms with Crippen molar-refractivity contribution in [2.75, 3.05) is 26.9 Å². The number of aromatic nitrogens is 5. The van der Waals surface area contributed by atoms with E-state index in [4.69, 9.17) is 19.6 Å². The van der Waals surface area contributed by atoms with Gasteiger partial charge in [-0.05, 0) is 43.5 Å². The van der Waals surface area contributed by atoms with Gasteiger partial charge < -0.3 is 19.4 Å². The Hall–Kier alpha value is -4.19. The average molecular weight is 601 g/mol. The minimum absolute atomic E-state index is 0.0743. The van der Waals surface area contributed by atoms with Crippen LogP contribution in [0, 0.1) is 11.6 Å². The number of hydrogen-bond acceptors (Lipinski definition) is 7. The number of nitrogens with one attached hydrogen (secondary N) is 1. The van der Waals surface area contributed by atoms with E-state index >= 15 is 4.39 Å². The standard InChI is InChI=1S/C32H30F2N6O2S/c1-17-15-35-18(2)25-14-24(38-40(17)25)31-29(28-22(34)12-20(33)13-27(28)42-9-8-41-4)32-21(6-10-43-32)30(37-31)19-11-26-23(36-16-19)5-7-39(26)3/h5-7,10-14,16-18,35H,8-9,15H2,1-4H3. The summed E-state index contributed by atoms with van der Waals surface area (Å²) in [6.07, 6.45) is 3.78. The van der Waals surface area contributed by atoms with Gasteiger partial charge in [0.25, 0.3) is 0 Å². The van der Waals surface area contributed by atoms with Crippen molar-refractivity contribution in [2.24, 2.45) is 7.05 Å². The molecule has 6 heterocycles. The lowest BCUT2D eigenvalue weighted by Gasteiger charge is -2.27. The lowest BCUT2D eigenvalue weighted by molar-refractivity contribution is 0.146. The minimum Gasteiger partial charge on any atom is -0.490 e. The maximum atomic E-state index is 16.0. The first-order chi connectivity index (χ1) is 20.8. The maximum Gasteiger partial charge on any atom is 0.137 e. The van der Waals surface area contributed by atoms with Crippen molar-refractivity contribution in [1.29, 1.82) is 0 Å². The number of thiophene rings is 1. The maximum absolute atomic E-state index is 16.0. The summed E-state index contributed by atoms with van der Waals surface area (Å²) in [6.45, 7) is 5.36. The number of fused-ring (bicyclic) bond motifs is 3. The number of hydrogen-bond donors (Lipinski definition) is 1. The zero-order valence-corrected chi connectivity index (χ0v) is 25.0. The van der Waals surface area contributed by atoms with Gasteiger partial charge in [-0.25, -0.2) is 13.8 Å². The molecule has 0 fully saturated rings. The molecule has 0 aliphatic carbocycles. The Morgan fingerprint density at radius 3 is 2.74 bits per heavy atom. The highest BCUT2D eigenvalue weighted by Crippen LogP contribution is 2.47. The normalized spacial score (nSPS) is 16.7. The minimum atomic E-state index is -0.739. The number of aryl methyl sites for hydroxylation is 1. The van der Waals surface area contributed by atoms with E-state index in [1.165, 1.54) is 17.4 Å². The number of rotatable bonds is 7. The zero-order valence-electron chi connectivity index (χ0n) is 24.2. The van der Waals surface area contributed by atoms with Crippen LogP contribution in [0.2, 0.25) is 0 Å². The largest absolute Gasteiger partial charge is 0.490 e. The van der Waals surface area contributed by atoms with E-state index < -0.39 is 11.6 Å². The second-order valence-corrected chi connectivity index (χ2v) is 11.8. The van der Waals surface area contributed by atoms with Crippen molar-refractivity contribution in [3.8, 4) is 39.5 Å². The summed E-state index contributed by atoms with van der Waals surface area (Å²) >= 11 is 1.47. The van der Waals surface area contributed by atoms with Crippen LogP contribution in [0.25, 0.3) is 54.9 Å². The number of benzene rings is 1. The molecule has 0 saturated heterocycles. The summed E-state index contributed by atoms with van der Waals surface area (Å²) in [4.78, 5) is 9.91. The molecule has 6 aromatic rings. The molecule has 1 aromatic carbocycles. The molecule has 220 valence electrons. The Balaban J connectivity index is 1.54. The SMILES string of the molecule is COCCOc1cc(F)cc(F)c1-c1c(-c2cc3n(n2)C(C)CNC3C)nc(-c2cnc3ccn(C)c3c2)c2ccsc12. The third kappa shape index (κ3) is 4.68. The van der Waals surface area contributed by atoms with Crippen LogP contribution in [0.3, 0.4) is 0 Å². The van der Waals surface area contributed by atoms with Crippen LogP contribution in [-0.2, 0) is 11.8 Å². The summed E-state index contributed by atoms with van der Waals surface area (Å²) in [6, 6.07) is 10.3. The Morgan fingerprint density at radius 1 is 1.07 bits per heavy atom. The number of methoxy groups -OCH3 is 1. The second-order valence-electron chi connectivity index (χ2n) is 10.9. The molecule has 0 radical (unpaired) electrons. The fraction of sp³-hybridized carbons (Fsp3) is 0.281. The smallest absolute Gasteiger partial charge is 0.137 e. The Kier molecular flexibility index (Phi) is 6.95. The van der Waals surface area contributed by atoms with E-state index in [1.807, 2.05) is 52.3 Å². The summed E-state index contributed by atoms with van der Waals surface area (Å²) in [7, 11) is 3.52. The fourth-order valence-electron chi connectivity index (χ4n) is 5.81. The molecule has 2 atom stereocenters. The molecule has 5 aromatic heterocycles. The lowest BCUT2D eigenvalue weighted by atomic mass is 9.96. The summed E-state index contributed by atoms with van der Waals surface area (Å²) in [5.41, 5.74) is 6.14. The van der Waals surface area contributed by atoms with E-state index in [2.05, 4.69) is 30.2 Å². The highest BCUT2D eigenvalue weighted by atomic mass is 32.1. The van der Waals surface area contributed by atoms with Gasteiger partial charge in [0.2, 0.25) is 0 Å². The molecule has 7 rings (SSSR count). The molecular formula is C32H30F2N6O2S. The van der Waals surface area contributed by atoms with Crippen LogP contribution in [0.5, 0.6) is 5.75 Å². The van der Waals surface area contributed by atoms with Crippen molar-refractivity contribution in [3.63, 3.8) is 0 Å². The highest BCUT2D eigenvalue weighted by molar-refractivity contribution is 7.18. The van der Waals surface area contributed by atoms with Crippen molar-refractivity contribution >= 4 is 32.5 Å². The zero-order chi connectivity index (χ0) is 29.8. The molecule has 0 amide bonds. The topological polar surface area (TPSA) is 79.0 Å². The van der Waals surface area contributed by atoms with Gasteiger partial charge in [-0.3, -0.25) is 9.67 Å². The molecule has 1 aliphatic heterocycles. The predicted octanol–water partition coefficient (Wildman–Crippen LogP) is 6.91. The van der Waals surface area contributed by atoms with Crippen molar-refractivity contribution in [2.45, 2.75) is 25.9 Å². The van der Waals surface area contributed by atoms with Crippen LogP contribution in [-0.4, -0.2) is 51.2 Å². The first-order valence-electron chi connectivity index (χ1n) is 14.1. The van der Waals surface area contributed by atoms with Crippen LogP contribution in [0.1, 0.15) is 31.6 Å². The average Bonchev–Trinajstić information content (AvgIpc) is 3.74. The molecule has 2 unspecified atom stereocenters. The number of ether oxygens (including phenoxy) is 2. The molecular weight excluding hydrogens is 570 g/mol. The predicted molar refractivity (Wildman–Crippen MR) is 164 cm³/mol. The summed E-state index contributed by atoms with van der Waals surface area (Å²) in [5, 5.41) is 11.3. The molecule has 43 heavy (non-hydrogen) atoms. The Morgan fingerprint density at radius 2 is 1.93 bits per heavy atom. The first-order valence-corrected chi connectivity index (χ1v) is 15.0. The Labute approximate surface area is 250 Å². The van der Waals surface area contributed by atoms with E-state index in [0.717, 1.165) is 45.0 Å². The number of nitrogens with zero attached hydrogens (tertiary/aromatic N) is 5. The van der Waals surface area contributed by atoms with Crippen LogP contribution < -0.4 is 10.1 Å². The summed E-state index contributed by atoms with van der Waals surface area (Å²) in [5.74, 6) is -1.38. The van der Waals surface area contributed by atoms with Crippen molar-refractivity contribution < 1.29 is 18.3 Å². The van der Waals surface area contributed by atoms with Gasteiger partial charge in [-0.2, -0.15) is 5.10 Å². The second kappa shape index (κ2) is 10.8. The third-order valence-electron chi connectivity index (χ3n) is 8.02. The fourth-order valence-corrected chi connectivity index (χ4v) is 6.76. The van der Waals surface area contributed by atoms with E-state index in [-0.39, 0.29) is 36.6 Å². The van der Waals surface area contributed by atoms with Gasteiger partial charge in [0, 0.05) is 72.5 Å². The van der Waals surface area contributed by atoms with Crippen LogP contribution in [0.15, 0.2) is 54.2 Å². The van der Waals surface area contributed by atoms with E-state index in [0.29, 0.717) is 22.6 Å². The molecule has 0 spiro atoms. The number of halogens is 2. The van der Waals surface area contributed by atoms with Crippen LogP contribution >= 0.6 is 11.3 Å². The quantitative estimate of drug-likeness (QED) is 0.201. The van der Waals surface area contributed by atoms with Crippen LogP contribution in [0.4, 0.5) is 8.78 Å². The van der Waals surface area contributed by atoms with Crippen molar-refractivity contribution in [3.05, 3.63) is 71.5 Å². The first kappa shape index (κ1) is 27.6. The lowest BCUT2D eigenvalue weighted by Crippen LogP contribution is -2.34. The van der Waals surface area contributed by atoms with Gasteiger partial charge in [0.15, 0.2) is 0 Å². The molecule has 11 heteroatoms. The van der Waals surface area contributed by atoms with E-state index in [9.17, 15) is 4.39 Å². The molecule has 0 saturated carbocycles. The van der Waals surface area contributed by atoms with E-state index in [1.54, 1.807) is 7.11 Å². The van der Waals surface area contributed by atoms with Gasteiger partial charge in [0.05, 0.1) is 40.6 Å². The highest BCUT2D eigenvalue weighted by Gasteiger charge is 2.29. The molecule has 0 bridgehead atoms. The summed E-state index contributed by atoms with van der Waals surface area (Å²) < 4.78 is 46.4.